The third-order valence-electron chi connectivity index (χ3n) is 1.50. The highest BCUT2D eigenvalue weighted by atomic mass is 16.2. The van der Waals surface area contributed by atoms with Crippen molar-refractivity contribution in [3.63, 3.8) is 0 Å². The van der Waals surface area contributed by atoms with Crippen LogP contribution in [-0.2, 0) is 4.79 Å². The number of hydrogen-bond acceptors (Lipinski definition) is 2. The van der Waals surface area contributed by atoms with E-state index in [0.717, 1.165) is 0 Å². The standard InChI is InChI=1S/C9H16N2O/c1-3-5-6-7-11-9(12)8(10)4-2/h8H,4,6-7,10H2,1-2H3,(H,11,12). The number of carbonyl (C=O) groups excluding carboxylic acids is 1. The summed E-state index contributed by atoms with van der Waals surface area (Å²) >= 11 is 0. The number of hydrogen-bond donors (Lipinski definition) is 2. The van der Waals surface area contributed by atoms with Crippen LogP contribution in [0.1, 0.15) is 26.7 Å². The van der Waals surface area contributed by atoms with Gasteiger partial charge >= 0.3 is 0 Å². The Balaban J connectivity index is 3.48. The Morgan fingerprint density at radius 1 is 1.67 bits per heavy atom. The van der Waals surface area contributed by atoms with E-state index in [4.69, 9.17) is 5.73 Å². The number of carbonyl (C=O) groups is 1. The Morgan fingerprint density at radius 2 is 2.33 bits per heavy atom. The predicted molar refractivity (Wildman–Crippen MR) is 49.3 cm³/mol. The van der Waals surface area contributed by atoms with Crippen LogP contribution in [0.15, 0.2) is 0 Å². The second kappa shape index (κ2) is 6.68. The zero-order valence-electron chi connectivity index (χ0n) is 7.68. The van der Waals surface area contributed by atoms with Crippen LogP contribution < -0.4 is 11.1 Å². The van der Waals surface area contributed by atoms with Gasteiger partial charge in [0.25, 0.3) is 0 Å². The van der Waals surface area contributed by atoms with E-state index in [1.165, 1.54) is 0 Å². The molecule has 0 saturated carbocycles. The fourth-order valence-electron chi connectivity index (χ4n) is 0.690. The molecule has 0 bridgehead atoms. The van der Waals surface area contributed by atoms with Gasteiger partial charge in [0.15, 0.2) is 0 Å². The van der Waals surface area contributed by atoms with Gasteiger partial charge in [-0.3, -0.25) is 4.79 Å². The van der Waals surface area contributed by atoms with Crippen molar-refractivity contribution >= 4 is 5.91 Å². The van der Waals surface area contributed by atoms with Crippen LogP contribution in [0.3, 0.4) is 0 Å². The van der Waals surface area contributed by atoms with E-state index >= 15 is 0 Å². The van der Waals surface area contributed by atoms with Crippen molar-refractivity contribution in [3.8, 4) is 11.8 Å². The summed E-state index contributed by atoms with van der Waals surface area (Å²) in [7, 11) is 0. The first-order valence-corrected chi connectivity index (χ1v) is 4.15. The number of amides is 1. The normalized spacial score (nSPS) is 11.2. The Kier molecular flexibility index (Phi) is 6.12. The maximum atomic E-state index is 11.1. The summed E-state index contributed by atoms with van der Waals surface area (Å²) in [5.74, 6) is 5.52. The van der Waals surface area contributed by atoms with E-state index in [2.05, 4.69) is 17.2 Å². The van der Waals surface area contributed by atoms with Crippen molar-refractivity contribution in [2.24, 2.45) is 5.73 Å². The molecule has 0 rings (SSSR count). The minimum atomic E-state index is -0.375. The molecule has 3 N–H and O–H groups in total. The van der Waals surface area contributed by atoms with Crippen LogP contribution >= 0.6 is 0 Å². The highest BCUT2D eigenvalue weighted by molar-refractivity contribution is 5.81. The molecule has 0 aromatic rings. The molecule has 0 fully saturated rings. The maximum Gasteiger partial charge on any atom is 0.236 e. The van der Waals surface area contributed by atoms with Crippen molar-refractivity contribution in [1.29, 1.82) is 0 Å². The molecule has 0 aliphatic heterocycles. The van der Waals surface area contributed by atoms with Crippen molar-refractivity contribution < 1.29 is 4.79 Å². The zero-order valence-corrected chi connectivity index (χ0v) is 7.68. The molecule has 0 aromatic heterocycles. The number of nitrogens with one attached hydrogen (secondary N) is 1. The summed E-state index contributed by atoms with van der Waals surface area (Å²) in [5, 5.41) is 2.70. The Morgan fingerprint density at radius 3 is 2.83 bits per heavy atom. The van der Waals surface area contributed by atoms with E-state index in [9.17, 15) is 4.79 Å². The van der Waals surface area contributed by atoms with Crippen LogP contribution in [0.25, 0.3) is 0 Å². The third-order valence-corrected chi connectivity index (χ3v) is 1.50. The summed E-state index contributed by atoms with van der Waals surface area (Å²) in [6.07, 6.45) is 1.37. The van der Waals surface area contributed by atoms with E-state index in [0.29, 0.717) is 19.4 Å². The molecule has 0 spiro atoms. The molecule has 68 valence electrons. The molecule has 12 heavy (non-hydrogen) atoms. The van der Waals surface area contributed by atoms with Gasteiger partial charge < -0.3 is 11.1 Å². The lowest BCUT2D eigenvalue weighted by Crippen LogP contribution is -2.40. The molecule has 0 heterocycles. The van der Waals surface area contributed by atoms with E-state index in [1.54, 1.807) is 6.92 Å². The van der Waals surface area contributed by atoms with E-state index < -0.39 is 0 Å². The quantitative estimate of drug-likeness (QED) is 0.467. The van der Waals surface area contributed by atoms with Gasteiger partial charge in [0, 0.05) is 13.0 Å². The Bertz CT molecular complexity index is 190. The molecule has 0 aliphatic carbocycles. The molecule has 1 unspecified atom stereocenters. The highest BCUT2D eigenvalue weighted by Crippen LogP contribution is 1.85. The maximum absolute atomic E-state index is 11.1. The van der Waals surface area contributed by atoms with Crippen molar-refractivity contribution in [3.05, 3.63) is 0 Å². The van der Waals surface area contributed by atoms with Crippen LogP contribution in [0, 0.1) is 11.8 Å². The Labute approximate surface area is 73.7 Å². The molecule has 3 heteroatoms. The topological polar surface area (TPSA) is 55.1 Å². The monoisotopic (exact) mass is 168 g/mol. The van der Waals surface area contributed by atoms with Crippen LogP contribution in [0.4, 0.5) is 0 Å². The molecular weight excluding hydrogens is 152 g/mol. The average Bonchev–Trinajstić information content (AvgIpc) is 2.10. The smallest absolute Gasteiger partial charge is 0.236 e. The first-order valence-electron chi connectivity index (χ1n) is 4.15. The lowest BCUT2D eigenvalue weighted by Gasteiger charge is -2.07. The van der Waals surface area contributed by atoms with Crippen LogP contribution in [0.5, 0.6) is 0 Å². The summed E-state index contributed by atoms with van der Waals surface area (Å²) in [6, 6.07) is -0.375. The molecule has 1 atom stereocenters. The van der Waals surface area contributed by atoms with Crippen molar-refractivity contribution in [2.75, 3.05) is 6.54 Å². The lowest BCUT2D eigenvalue weighted by molar-refractivity contribution is -0.122. The van der Waals surface area contributed by atoms with Gasteiger partial charge in [-0.1, -0.05) is 6.92 Å². The average molecular weight is 168 g/mol. The summed E-state index contributed by atoms with van der Waals surface area (Å²) in [4.78, 5) is 11.1. The minimum Gasteiger partial charge on any atom is -0.354 e. The fourth-order valence-corrected chi connectivity index (χ4v) is 0.690. The lowest BCUT2D eigenvalue weighted by atomic mass is 10.2. The molecule has 3 nitrogen and oxygen atoms in total. The zero-order chi connectivity index (χ0) is 9.40. The molecule has 1 amide bonds. The van der Waals surface area contributed by atoms with Gasteiger partial charge in [-0.05, 0) is 13.3 Å². The minimum absolute atomic E-state index is 0.0876. The van der Waals surface area contributed by atoms with Crippen LogP contribution in [0.2, 0.25) is 0 Å². The second-order valence-corrected chi connectivity index (χ2v) is 2.48. The summed E-state index contributed by atoms with van der Waals surface area (Å²) < 4.78 is 0. The van der Waals surface area contributed by atoms with Gasteiger partial charge in [0.05, 0.1) is 6.04 Å². The molecule has 0 saturated heterocycles. The molecular formula is C9H16N2O. The van der Waals surface area contributed by atoms with Crippen molar-refractivity contribution in [2.45, 2.75) is 32.7 Å². The number of nitrogens with two attached hydrogens (primary N) is 1. The molecule has 0 aliphatic rings. The molecule has 0 radical (unpaired) electrons. The third kappa shape index (κ3) is 4.75. The highest BCUT2D eigenvalue weighted by Gasteiger charge is 2.08. The van der Waals surface area contributed by atoms with Gasteiger partial charge in [-0.25, -0.2) is 0 Å². The number of rotatable bonds is 4. The summed E-state index contributed by atoms with van der Waals surface area (Å²) in [5.41, 5.74) is 5.48. The summed E-state index contributed by atoms with van der Waals surface area (Å²) in [6.45, 7) is 4.25. The van der Waals surface area contributed by atoms with Crippen LogP contribution in [-0.4, -0.2) is 18.5 Å². The van der Waals surface area contributed by atoms with Gasteiger partial charge in [-0.2, -0.15) is 0 Å². The first-order chi connectivity index (χ1) is 5.72. The second-order valence-electron chi connectivity index (χ2n) is 2.48. The fraction of sp³-hybridized carbons (Fsp3) is 0.667. The van der Waals surface area contributed by atoms with Gasteiger partial charge in [0.1, 0.15) is 0 Å². The SMILES string of the molecule is CC#CCCNC(=O)C(N)CC. The van der Waals surface area contributed by atoms with Gasteiger partial charge in [-0.15, -0.1) is 11.8 Å². The predicted octanol–water partition coefficient (Wildman–Crippen LogP) is 0.253. The van der Waals surface area contributed by atoms with Gasteiger partial charge in [0.2, 0.25) is 5.91 Å². The molecule has 0 aromatic carbocycles. The largest absolute Gasteiger partial charge is 0.354 e. The first kappa shape index (κ1) is 11.0. The Hall–Kier alpha value is -1.01. The van der Waals surface area contributed by atoms with E-state index in [1.807, 2.05) is 6.92 Å². The van der Waals surface area contributed by atoms with E-state index in [-0.39, 0.29) is 11.9 Å². The van der Waals surface area contributed by atoms with Crippen molar-refractivity contribution in [1.82, 2.24) is 5.32 Å².